The van der Waals surface area contributed by atoms with Crippen molar-refractivity contribution < 1.29 is 57.2 Å². The molecule has 1 saturated carbocycles. The van der Waals surface area contributed by atoms with Crippen molar-refractivity contribution in [2.45, 2.75) is 83.5 Å². The summed E-state index contributed by atoms with van der Waals surface area (Å²) >= 11 is 0. The summed E-state index contributed by atoms with van der Waals surface area (Å²) in [5, 5.41) is 7.81. The monoisotopic (exact) mass is 957 g/mol. The van der Waals surface area contributed by atoms with Crippen molar-refractivity contribution in [1.82, 2.24) is 16.0 Å². The van der Waals surface area contributed by atoms with Gasteiger partial charge in [-0.15, -0.1) is 0 Å². The van der Waals surface area contributed by atoms with Gasteiger partial charge in [0.2, 0.25) is 0 Å². The molecule has 4 aromatic carbocycles. The number of amides is 3. The summed E-state index contributed by atoms with van der Waals surface area (Å²) < 4.78 is 32.0. The second-order valence-corrected chi connectivity index (χ2v) is 17.4. The number of carbonyl (C=O) groups is 6. The first-order valence-electron chi connectivity index (χ1n) is 23.2. The fourth-order valence-electron chi connectivity index (χ4n) is 8.30. The molecular weight excluding hydrogens is 895 g/mol. The maximum Gasteiger partial charge on any atom is 0.412 e. The lowest BCUT2D eigenvalue weighted by Gasteiger charge is -2.34. The maximum absolute atomic E-state index is 12.9. The van der Waals surface area contributed by atoms with E-state index in [1.807, 2.05) is 50.2 Å². The van der Waals surface area contributed by atoms with Crippen molar-refractivity contribution >= 4 is 36.2 Å². The summed E-state index contributed by atoms with van der Waals surface area (Å²) in [5.74, 6) is -0.375. The van der Waals surface area contributed by atoms with E-state index in [2.05, 4.69) is 86.8 Å². The number of esters is 3. The molecule has 370 valence electrons. The van der Waals surface area contributed by atoms with Gasteiger partial charge in [0.15, 0.2) is 0 Å². The van der Waals surface area contributed by atoms with Crippen LogP contribution in [0.3, 0.4) is 0 Å². The Morgan fingerprint density at radius 3 is 1.30 bits per heavy atom. The molecule has 0 aliphatic heterocycles. The Labute approximate surface area is 409 Å². The van der Waals surface area contributed by atoms with Crippen molar-refractivity contribution in [1.29, 1.82) is 0 Å². The molecule has 70 heavy (non-hydrogen) atoms. The maximum atomic E-state index is 12.9. The largest absolute Gasteiger partial charge is 0.461 e. The third kappa shape index (κ3) is 14.2. The zero-order valence-electron chi connectivity index (χ0n) is 40.6. The number of ether oxygens (including phenoxy) is 6. The number of hydrogen-bond donors (Lipinski definition) is 3. The quantitative estimate of drug-likeness (QED) is 0.0236. The van der Waals surface area contributed by atoms with Gasteiger partial charge in [0.25, 0.3) is 0 Å². The van der Waals surface area contributed by atoms with Crippen LogP contribution in [0.1, 0.15) is 103 Å². The summed E-state index contributed by atoms with van der Waals surface area (Å²) in [7, 11) is 0. The predicted octanol–water partition coefficient (Wildman–Crippen LogP) is 9.48. The van der Waals surface area contributed by atoms with Gasteiger partial charge in [-0.25, -0.2) is 28.8 Å². The van der Waals surface area contributed by atoms with E-state index in [9.17, 15) is 28.8 Å². The molecule has 0 heterocycles. The fourth-order valence-corrected chi connectivity index (χ4v) is 8.30. The molecule has 0 saturated heterocycles. The lowest BCUT2D eigenvalue weighted by molar-refractivity contribution is -0.138. The van der Waals surface area contributed by atoms with E-state index in [4.69, 9.17) is 28.4 Å². The molecular formula is C55H63N3O12. The molecule has 4 aromatic rings. The van der Waals surface area contributed by atoms with Crippen LogP contribution in [0.15, 0.2) is 117 Å². The van der Waals surface area contributed by atoms with E-state index in [0.29, 0.717) is 28.4 Å². The number of nitrogens with one attached hydrogen (secondary N) is 3. The van der Waals surface area contributed by atoms with Gasteiger partial charge in [0.05, 0.1) is 19.6 Å². The van der Waals surface area contributed by atoms with Crippen LogP contribution in [0.4, 0.5) is 14.4 Å². The molecule has 1 aliphatic carbocycles. The van der Waals surface area contributed by atoms with Gasteiger partial charge in [-0.2, -0.15) is 0 Å². The van der Waals surface area contributed by atoms with E-state index in [-0.39, 0.29) is 45.4 Å². The minimum Gasteiger partial charge on any atom is -0.461 e. The zero-order valence-corrected chi connectivity index (χ0v) is 40.6. The third-order valence-electron chi connectivity index (χ3n) is 12.4. The third-order valence-corrected chi connectivity index (χ3v) is 12.4. The molecule has 0 bridgehead atoms. The van der Waals surface area contributed by atoms with E-state index in [1.165, 1.54) is 0 Å². The molecule has 1 fully saturated rings. The molecule has 0 spiro atoms. The van der Waals surface area contributed by atoms with Gasteiger partial charge in [-0.05, 0) is 102 Å². The summed E-state index contributed by atoms with van der Waals surface area (Å²) in [6, 6.07) is 25.7. The highest BCUT2D eigenvalue weighted by Crippen LogP contribution is 2.44. The molecule has 0 unspecified atom stereocenters. The first kappa shape index (κ1) is 53.3. The molecule has 0 radical (unpaired) electrons. The second kappa shape index (κ2) is 25.1. The van der Waals surface area contributed by atoms with Crippen LogP contribution in [0, 0.1) is 13.8 Å². The topological polar surface area (TPSA) is 194 Å². The van der Waals surface area contributed by atoms with Crippen molar-refractivity contribution in [3.05, 3.63) is 161 Å². The molecule has 1 aliphatic rings. The molecule has 5 rings (SSSR count). The standard InChI is InChI=1S/C55H63N3O12/c1-9-48(59)65-30-27-56-51(62)68-45-24-22-42(33-36(45)4)55(8,43-23-25-46(37(5)34-43)69-52(63)57-28-31-66-49(60)10-2)40-19-17-39(18-20-40)54(6,7)41-21-26-47(44(35-41)38-15-13-12-14-16-38)70-53(64)58-29-32-67-50(61)11-3/h9-11,17-26,33-35,38H,1-3,12-16,27-32H2,4-8H3,(H,56,62)(H,57,63)(H,58,64). The Kier molecular flexibility index (Phi) is 19.1. The number of carbonyl (C=O) groups excluding carboxylic acids is 6. The van der Waals surface area contributed by atoms with Crippen molar-refractivity contribution in [3.63, 3.8) is 0 Å². The minimum absolute atomic E-state index is 0.0109. The van der Waals surface area contributed by atoms with Gasteiger partial charge >= 0.3 is 36.2 Å². The van der Waals surface area contributed by atoms with Crippen LogP contribution in [0.2, 0.25) is 0 Å². The average molecular weight is 958 g/mol. The Hall–Kier alpha value is -7.68. The average Bonchev–Trinajstić information content (AvgIpc) is 3.36. The number of rotatable bonds is 21. The van der Waals surface area contributed by atoms with E-state index >= 15 is 0 Å². The van der Waals surface area contributed by atoms with E-state index in [0.717, 1.165) is 83.7 Å². The predicted molar refractivity (Wildman–Crippen MR) is 264 cm³/mol. The lowest BCUT2D eigenvalue weighted by atomic mass is 9.69. The van der Waals surface area contributed by atoms with E-state index < -0.39 is 47.0 Å². The van der Waals surface area contributed by atoms with Gasteiger partial charge in [0, 0.05) is 29.1 Å². The highest BCUT2D eigenvalue weighted by atomic mass is 16.6. The van der Waals surface area contributed by atoms with Crippen molar-refractivity contribution in [2.24, 2.45) is 0 Å². The molecule has 0 atom stereocenters. The normalized spacial score (nSPS) is 12.6. The second-order valence-electron chi connectivity index (χ2n) is 17.4. The smallest absolute Gasteiger partial charge is 0.412 e. The highest BCUT2D eigenvalue weighted by Gasteiger charge is 2.34. The fraction of sp³-hybridized carbons (Fsp3) is 0.345. The van der Waals surface area contributed by atoms with Crippen molar-refractivity contribution in [3.8, 4) is 17.2 Å². The van der Waals surface area contributed by atoms with Gasteiger partial charge in [0.1, 0.15) is 37.1 Å². The summed E-state index contributed by atoms with van der Waals surface area (Å²) in [4.78, 5) is 72.5. The summed E-state index contributed by atoms with van der Waals surface area (Å²) in [5.41, 5.74) is 5.88. The van der Waals surface area contributed by atoms with E-state index in [1.54, 1.807) is 12.1 Å². The SMILES string of the molecule is C=CC(=O)OCCNC(=O)Oc1ccc(C(C)(c2ccc(C(C)(C)c3ccc(OC(=O)NCCOC(=O)C=C)c(C4CCCCC4)c3)cc2)c2ccc(OC(=O)NCCOC(=O)C=C)c(C)c2)cc1C. The molecule has 0 aromatic heterocycles. The van der Waals surface area contributed by atoms with Crippen LogP contribution >= 0.6 is 0 Å². The van der Waals surface area contributed by atoms with Gasteiger partial charge in [-0.1, -0.05) is 114 Å². The summed E-state index contributed by atoms with van der Waals surface area (Å²) in [6.45, 7) is 20.3. The zero-order chi connectivity index (χ0) is 50.8. The van der Waals surface area contributed by atoms with Crippen LogP contribution in [-0.2, 0) is 39.4 Å². The van der Waals surface area contributed by atoms with Crippen LogP contribution in [0.5, 0.6) is 17.2 Å². The number of aryl methyl sites for hydroxylation is 2. The van der Waals surface area contributed by atoms with Crippen LogP contribution in [0.25, 0.3) is 0 Å². The molecule has 15 heteroatoms. The van der Waals surface area contributed by atoms with Crippen molar-refractivity contribution in [2.75, 3.05) is 39.5 Å². The Morgan fingerprint density at radius 2 is 0.886 bits per heavy atom. The molecule has 3 amide bonds. The van der Waals surface area contributed by atoms with Crippen LogP contribution in [-0.4, -0.2) is 75.6 Å². The highest BCUT2D eigenvalue weighted by molar-refractivity contribution is 5.82. The minimum atomic E-state index is -0.801. The van der Waals surface area contributed by atoms with Gasteiger partial charge < -0.3 is 44.4 Å². The Balaban J connectivity index is 1.45. The lowest BCUT2D eigenvalue weighted by Crippen LogP contribution is -2.31. The Morgan fingerprint density at radius 1 is 0.514 bits per heavy atom. The Bertz CT molecular complexity index is 2470. The molecule has 3 N–H and O–H groups in total. The number of benzene rings is 4. The summed E-state index contributed by atoms with van der Waals surface area (Å²) in [6.07, 6.45) is 6.38. The van der Waals surface area contributed by atoms with Crippen LogP contribution < -0.4 is 30.2 Å². The molecule has 15 nitrogen and oxygen atoms in total. The first-order chi connectivity index (χ1) is 33.5. The number of hydrogen-bond acceptors (Lipinski definition) is 12. The van der Waals surface area contributed by atoms with Gasteiger partial charge in [-0.3, -0.25) is 0 Å². The first-order valence-corrected chi connectivity index (χ1v) is 23.2.